The van der Waals surface area contributed by atoms with Crippen LogP contribution in [0.4, 0.5) is 35.3 Å². The lowest BCUT2D eigenvalue weighted by atomic mass is 9.68. The van der Waals surface area contributed by atoms with Gasteiger partial charge in [-0.05, 0) is 164 Å². The highest BCUT2D eigenvalue weighted by molar-refractivity contribution is 7.90. The van der Waals surface area contributed by atoms with Gasteiger partial charge >= 0.3 is 0 Å². The third kappa shape index (κ3) is 20.8. The predicted molar refractivity (Wildman–Crippen MR) is 379 cm³/mol. The van der Waals surface area contributed by atoms with E-state index in [0.29, 0.717) is 107 Å². The van der Waals surface area contributed by atoms with Crippen molar-refractivity contribution >= 4 is 66.5 Å². The van der Waals surface area contributed by atoms with Crippen molar-refractivity contribution < 1.29 is 16.8 Å². The molecule has 0 unspecified atom stereocenters. The number of primary sulfonamides is 1. The van der Waals surface area contributed by atoms with Crippen LogP contribution in [0.5, 0.6) is 0 Å². The summed E-state index contributed by atoms with van der Waals surface area (Å²) >= 11 is 1.71. The maximum Gasteiger partial charge on any atom is 0.238 e. The number of hydrogen-bond acceptors (Lipinski definition) is 21. The summed E-state index contributed by atoms with van der Waals surface area (Å²) in [5, 5.41) is 54.8. The number of sulfone groups is 1. The molecule has 0 bridgehead atoms. The highest BCUT2D eigenvalue weighted by atomic mass is 32.2. The van der Waals surface area contributed by atoms with E-state index < -0.39 is 19.9 Å². The largest absolute Gasteiger partial charge is 0.366 e. The highest BCUT2D eigenvalue weighted by Crippen LogP contribution is 2.44. The fourth-order valence-electron chi connectivity index (χ4n) is 12.3. The molecule has 0 aliphatic heterocycles. The van der Waals surface area contributed by atoms with Crippen LogP contribution in [0, 0.1) is 74.9 Å². The van der Waals surface area contributed by atoms with Crippen LogP contribution in [0.25, 0.3) is 10.4 Å². The van der Waals surface area contributed by atoms with Crippen molar-refractivity contribution in [1.82, 2.24) is 34.9 Å². The predicted octanol–water partition coefficient (Wildman–Crippen LogP) is 13.4. The average molecular weight is 1340 g/mol. The Hall–Kier alpha value is -8.34. The Morgan fingerprint density at radius 2 is 0.821 bits per heavy atom. The van der Waals surface area contributed by atoms with Crippen molar-refractivity contribution in [2.45, 2.75) is 174 Å². The fraction of sp³-hybridized carbons (Fsp3) is 0.493. The minimum absolute atomic E-state index is 0.0932. The number of nitrogens with two attached hydrogens (primary N) is 1. The van der Waals surface area contributed by atoms with E-state index in [2.05, 4.69) is 172 Å². The first-order valence-corrected chi connectivity index (χ1v) is 37.0. The Labute approximate surface area is 566 Å². The van der Waals surface area contributed by atoms with Crippen molar-refractivity contribution in [1.29, 1.82) is 15.8 Å². The number of benzene rings is 3. The number of aryl methyl sites for hydroxylation is 1. The van der Waals surface area contributed by atoms with Gasteiger partial charge in [0, 0.05) is 50.2 Å². The zero-order valence-electron chi connectivity index (χ0n) is 56.7. The fourth-order valence-corrected chi connectivity index (χ4v) is 14.2. The van der Waals surface area contributed by atoms with Crippen molar-refractivity contribution in [3.8, 4) is 28.6 Å². The van der Waals surface area contributed by atoms with E-state index in [1.807, 2.05) is 25.3 Å². The summed E-state index contributed by atoms with van der Waals surface area (Å²) < 4.78 is 45.8. The Bertz CT molecular complexity index is 3910. The molecule has 3 aliphatic rings. The van der Waals surface area contributed by atoms with E-state index in [-0.39, 0.29) is 33.2 Å². The van der Waals surface area contributed by atoms with Crippen molar-refractivity contribution in [3.63, 3.8) is 0 Å². The number of sulfonamides is 1. The van der Waals surface area contributed by atoms with E-state index in [0.717, 1.165) is 80.5 Å². The van der Waals surface area contributed by atoms with Gasteiger partial charge in [-0.15, -0.1) is 11.3 Å². The molecule has 24 heteroatoms. The SMILES string of the molecule is C[C@H]1CC[C@@H](Nc2nc(NCCc3ccc(S(C)(=O)=O)cc3)ncc2C#N)CC1(C)C.C[C@H]1CC[C@@H](Nc2nc(NCCc3ccc(S(N)(=O)=O)cc3)ncc2C#N)CC1(C)C.Cc1ncc(-c2ccc(CCNc3ncc(C#N)c(N[C@@H]4CC[C@H](C)C(C)(C)C4)n3)cc2)s1. The molecule has 0 radical (unpaired) electrons. The molecule has 8 N–H and O–H groups in total. The summed E-state index contributed by atoms with van der Waals surface area (Å²) in [4.78, 5) is 32.5. The maximum absolute atomic E-state index is 11.6. The second-order valence-corrected chi connectivity index (χ2v) is 32.6. The van der Waals surface area contributed by atoms with Gasteiger partial charge in [-0.25, -0.2) is 41.9 Å². The lowest BCUT2D eigenvalue weighted by molar-refractivity contribution is 0.143. The minimum Gasteiger partial charge on any atom is -0.366 e. The zero-order chi connectivity index (χ0) is 68.7. The molecule has 3 fully saturated rings. The average Bonchev–Trinajstić information content (AvgIpc) is 1.49. The molecule has 0 saturated heterocycles. The number of anilines is 6. The summed E-state index contributed by atoms with van der Waals surface area (Å²) in [6.45, 7) is 24.7. The van der Waals surface area contributed by atoms with Gasteiger partial charge in [0.15, 0.2) is 9.84 Å². The van der Waals surface area contributed by atoms with E-state index in [1.54, 1.807) is 48.0 Å². The van der Waals surface area contributed by atoms with E-state index >= 15 is 0 Å². The van der Waals surface area contributed by atoms with Gasteiger partial charge in [0.25, 0.3) is 0 Å². The molecular weight excluding hydrogens is 1250 g/mol. The summed E-state index contributed by atoms with van der Waals surface area (Å²) in [7, 11) is -6.87. The van der Waals surface area contributed by atoms with E-state index in [4.69, 9.17) is 5.14 Å². The van der Waals surface area contributed by atoms with E-state index in [1.165, 1.54) is 47.0 Å². The van der Waals surface area contributed by atoms with Crippen LogP contribution in [-0.4, -0.2) is 95.7 Å². The molecule has 0 amide bonds. The Balaban J connectivity index is 0.000000183. The Kier molecular flexibility index (Phi) is 24.4. The molecule has 4 aromatic heterocycles. The molecule has 6 atom stereocenters. The number of nitrogens with one attached hydrogen (secondary N) is 6. The van der Waals surface area contributed by atoms with Gasteiger partial charge in [-0.3, -0.25) is 0 Å². The van der Waals surface area contributed by atoms with Gasteiger partial charge in [-0.2, -0.15) is 30.7 Å². The van der Waals surface area contributed by atoms with Crippen LogP contribution in [0.3, 0.4) is 0 Å². The van der Waals surface area contributed by atoms with Crippen molar-refractivity contribution in [2.75, 3.05) is 57.8 Å². The quantitative estimate of drug-likeness (QED) is 0.0351. The first-order valence-electron chi connectivity index (χ1n) is 32.8. The second-order valence-electron chi connectivity index (χ2n) is 27.8. The molecule has 3 aliphatic carbocycles. The number of aromatic nitrogens is 7. The summed E-state index contributed by atoms with van der Waals surface area (Å²) in [6.07, 6.45) is 19.9. The summed E-state index contributed by atoms with van der Waals surface area (Å²) in [6, 6.07) is 29.4. The third-order valence-corrected chi connectivity index (χ3v) is 22.5. The van der Waals surface area contributed by atoms with Crippen LogP contribution in [0.2, 0.25) is 0 Å². The molecule has 0 spiro atoms. The summed E-state index contributed by atoms with van der Waals surface area (Å²) in [5.41, 5.74) is 6.58. The molecule has 504 valence electrons. The molecule has 7 aromatic rings. The monoisotopic (exact) mass is 1340 g/mol. The third-order valence-electron chi connectivity index (χ3n) is 19.5. The number of nitrogens with zero attached hydrogens (tertiary/aromatic N) is 10. The van der Waals surface area contributed by atoms with Gasteiger partial charge in [0.2, 0.25) is 27.9 Å². The smallest absolute Gasteiger partial charge is 0.238 e. The van der Waals surface area contributed by atoms with E-state index in [9.17, 15) is 32.6 Å². The molecule has 3 saturated carbocycles. The van der Waals surface area contributed by atoms with Gasteiger partial charge in [-0.1, -0.05) is 111 Å². The van der Waals surface area contributed by atoms with Gasteiger partial charge < -0.3 is 31.9 Å². The van der Waals surface area contributed by atoms with Crippen LogP contribution in [0.15, 0.2) is 107 Å². The van der Waals surface area contributed by atoms with Crippen LogP contribution >= 0.6 is 11.3 Å². The zero-order valence-corrected chi connectivity index (χ0v) is 59.2. The summed E-state index contributed by atoms with van der Waals surface area (Å²) in [5.74, 6) is 5.29. The maximum atomic E-state index is 11.6. The molecule has 3 aromatic carbocycles. The number of rotatable bonds is 21. The Morgan fingerprint density at radius 1 is 0.495 bits per heavy atom. The molecule has 4 heterocycles. The molecular formula is C71H93N17O4S3. The molecule has 10 rings (SSSR count). The number of hydrogen-bond donors (Lipinski definition) is 7. The standard InChI is InChI=1S/C26H32N6S.C23H31N5O2S.C22H30N6O2S/c1-17-5-10-22(13-26(17,3)4)31-24-21(14-27)15-30-25(32-24)28-12-11-19-6-8-20(9-7-19)23-16-29-18(2)33-23;1-16-5-8-19(13-23(16,2)3)27-21-18(14-24)15-26-22(28-21)25-12-11-17-6-9-20(10-7-17)31(4,29)30;1-15-4-7-18(12-22(15,2)3)27-20-17(13-23)14-26-21(28-20)25-11-10-16-5-8-19(9-6-16)31(24,29)30/h6-9,15-17,22H,5,10-13H2,1-4H3,(H2,28,30,31,32);6-7,9-10,15-16,19H,5,8,11-13H2,1-4H3,(H2,25,26,27,28);5-6,8-9,14-15,18H,4,7,10-12H2,1-3H3,(H2,24,29,30)(H2,25,26,27,28)/t17-,22+;16-,19+;15-,18+/m000/s1. The first-order chi connectivity index (χ1) is 45.0. The van der Waals surface area contributed by atoms with Gasteiger partial charge in [0.05, 0.1) is 38.3 Å². The minimum atomic E-state index is -3.69. The molecule has 95 heavy (non-hydrogen) atoms. The lowest BCUT2D eigenvalue weighted by Gasteiger charge is -2.41. The van der Waals surface area contributed by atoms with Crippen LogP contribution < -0.4 is 37.0 Å². The molecule has 21 nitrogen and oxygen atoms in total. The Morgan fingerprint density at radius 3 is 1.11 bits per heavy atom. The van der Waals surface area contributed by atoms with Gasteiger partial charge in [0.1, 0.15) is 52.4 Å². The number of thiazole rings is 1. The van der Waals surface area contributed by atoms with Crippen LogP contribution in [0.1, 0.15) is 158 Å². The normalized spacial score (nSPS) is 20.3. The van der Waals surface area contributed by atoms with Crippen molar-refractivity contribution in [3.05, 3.63) is 136 Å². The number of nitriles is 3. The first kappa shape index (κ1) is 72.5. The van der Waals surface area contributed by atoms with Crippen LogP contribution in [-0.2, 0) is 39.1 Å². The lowest BCUT2D eigenvalue weighted by Crippen LogP contribution is -2.37. The second kappa shape index (κ2) is 31.9. The topological polar surface area (TPSA) is 328 Å². The highest BCUT2D eigenvalue weighted by Gasteiger charge is 2.37. The van der Waals surface area contributed by atoms with Crippen molar-refractivity contribution in [2.24, 2.45) is 39.1 Å².